The second kappa shape index (κ2) is 9.33. The van der Waals surface area contributed by atoms with Crippen molar-refractivity contribution in [1.29, 1.82) is 0 Å². The fourth-order valence-electron chi connectivity index (χ4n) is 2.72. The lowest BCUT2D eigenvalue weighted by atomic mass is 10.1. The second-order valence-electron chi connectivity index (χ2n) is 5.97. The van der Waals surface area contributed by atoms with Gasteiger partial charge in [0.25, 0.3) is 5.91 Å². The van der Waals surface area contributed by atoms with Gasteiger partial charge in [-0.2, -0.15) is 0 Å². The van der Waals surface area contributed by atoms with Crippen molar-refractivity contribution in [1.82, 2.24) is 15.2 Å². The van der Waals surface area contributed by atoms with E-state index in [1.165, 1.54) is 23.1 Å². The van der Waals surface area contributed by atoms with Crippen LogP contribution >= 0.6 is 34.4 Å². The number of benzene rings is 1. The highest BCUT2D eigenvalue weighted by molar-refractivity contribution is 8.01. The van der Waals surface area contributed by atoms with E-state index in [2.05, 4.69) is 20.5 Å². The van der Waals surface area contributed by atoms with Gasteiger partial charge in [0.1, 0.15) is 0 Å². The summed E-state index contributed by atoms with van der Waals surface area (Å²) in [5.74, 6) is -0.451. The number of fused-ring (bicyclic) bond motifs is 1. The number of hydrogen-bond acceptors (Lipinski definition) is 9. The van der Waals surface area contributed by atoms with Gasteiger partial charge < -0.3 is 4.74 Å². The van der Waals surface area contributed by atoms with Crippen LogP contribution in [0.4, 0.5) is 5.13 Å². The maximum Gasteiger partial charge on any atom is 0.316 e. The maximum atomic E-state index is 13.0. The van der Waals surface area contributed by atoms with Gasteiger partial charge in [-0.05, 0) is 30.5 Å². The molecule has 1 amide bonds. The Morgan fingerprint density at radius 3 is 2.83 bits per heavy atom. The van der Waals surface area contributed by atoms with Gasteiger partial charge in [-0.15, -0.1) is 21.5 Å². The van der Waals surface area contributed by atoms with Crippen LogP contribution in [0.2, 0.25) is 0 Å². The molecule has 1 aromatic carbocycles. The standard InChI is InChI=1S/C20H16N4O3S3/c1-2-27-17(25)11-29-20-24-23-19(30-20)22-18(26)13-10-15(16-8-5-9-28-16)21-14-7-4-3-6-12(13)14/h3-10H,2,11H2,1H3,(H,22,23,26). The van der Waals surface area contributed by atoms with Crippen LogP contribution in [0.1, 0.15) is 17.3 Å². The third kappa shape index (κ3) is 4.66. The van der Waals surface area contributed by atoms with Crippen molar-refractivity contribution in [3.63, 3.8) is 0 Å². The number of ether oxygens (including phenoxy) is 1. The monoisotopic (exact) mass is 456 g/mol. The number of anilines is 1. The van der Waals surface area contributed by atoms with Crippen LogP contribution in [-0.4, -0.2) is 39.4 Å². The summed E-state index contributed by atoms with van der Waals surface area (Å²) in [5, 5.41) is 13.9. The summed E-state index contributed by atoms with van der Waals surface area (Å²) in [4.78, 5) is 30.2. The summed E-state index contributed by atoms with van der Waals surface area (Å²) in [6.07, 6.45) is 0. The van der Waals surface area contributed by atoms with E-state index in [-0.39, 0.29) is 17.6 Å². The van der Waals surface area contributed by atoms with Crippen molar-refractivity contribution in [2.45, 2.75) is 11.3 Å². The Kier molecular flexibility index (Phi) is 6.36. The third-order valence-corrected chi connectivity index (χ3v) is 6.82. The average molecular weight is 457 g/mol. The fourth-order valence-corrected chi connectivity index (χ4v) is 4.95. The number of para-hydroxylation sites is 1. The fraction of sp³-hybridized carbons (Fsp3) is 0.150. The molecule has 4 rings (SSSR count). The maximum absolute atomic E-state index is 13.0. The molecule has 0 saturated carbocycles. The summed E-state index contributed by atoms with van der Waals surface area (Å²) < 4.78 is 5.48. The van der Waals surface area contributed by atoms with Crippen molar-refractivity contribution in [3.05, 3.63) is 53.4 Å². The van der Waals surface area contributed by atoms with Gasteiger partial charge in [0.2, 0.25) is 5.13 Å². The molecule has 0 unspecified atom stereocenters. The molecule has 0 saturated heterocycles. The molecular weight excluding hydrogens is 440 g/mol. The number of rotatable bonds is 7. The molecule has 1 N–H and O–H groups in total. The molecule has 3 heterocycles. The number of nitrogens with zero attached hydrogens (tertiary/aromatic N) is 3. The minimum Gasteiger partial charge on any atom is -0.465 e. The lowest BCUT2D eigenvalue weighted by Gasteiger charge is -2.08. The van der Waals surface area contributed by atoms with Gasteiger partial charge in [-0.1, -0.05) is 47.4 Å². The number of esters is 1. The van der Waals surface area contributed by atoms with Crippen molar-refractivity contribution in [3.8, 4) is 10.6 Å². The predicted molar refractivity (Wildman–Crippen MR) is 120 cm³/mol. The van der Waals surface area contributed by atoms with Crippen LogP contribution in [0, 0.1) is 0 Å². The number of hydrogen-bond donors (Lipinski definition) is 1. The van der Waals surface area contributed by atoms with E-state index in [0.29, 0.717) is 21.6 Å². The minimum atomic E-state index is -0.312. The number of thiophene rings is 1. The SMILES string of the molecule is CCOC(=O)CSc1nnc(NC(=O)c2cc(-c3cccs3)nc3ccccc23)s1. The Morgan fingerprint density at radius 1 is 1.17 bits per heavy atom. The molecule has 0 aliphatic rings. The molecule has 0 fully saturated rings. The average Bonchev–Trinajstić information content (AvgIpc) is 3.44. The molecule has 30 heavy (non-hydrogen) atoms. The quantitative estimate of drug-likeness (QED) is 0.244. The van der Waals surface area contributed by atoms with Crippen LogP contribution in [-0.2, 0) is 9.53 Å². The molecular formula is C20H16N4O3S3. The van der Waals surface area contributed by atoms with E-state index in [9.17, 15) is 9.59 Å². The van der Waals surface area contributed by atoms with Crippen molar-refractivity contribution in [2.75, 3.05) is 17.7 Å². The first-order valence-corrected chi connectivity index (χ1v) is 11.7. The van der Waals surface area contributed by atoms with Gasteiger partial charge in [-0.3, -0.25) is 14.9 Å². The smallest absolute Gasteiger partial charge is 0.316 e. The van der Waals surface area contributed by atoms with E-state index in [0.717, 1.165) is 21.5 Å². The molecule has 4 aromatic rings. The highest BCUT2D eigenvalue weighted by Crippen LogP contribution is 2.29. The Bertz CT molecular complexity index is 1190. The zero-order valence-corrected chi connectivity index (χ0v) is 18.3. The van der Waals surface area contributed by atoms with Crippen LogP contribution in [0.5, 0.6) is 0 Å². The lowest BCUT2D eigenvalue weighted by Crippen LogP contribution is -2.13. The predicted octanol–water partition coefficient (Wildman–Crippen LogP) is 4.72. The van der Waals surface area contributed by atoms with Crippen LogP contribution < -0.4 is 5.32 Å². The number of nitrogens with one attached hydrogen (secondary N) is 1. The zero-order valence-electron chi connectivity index (χ0n) is 15.8. The summed E-state index contributed by atoms with van der Waals surface area (Å²) in [6, 6.07) is 13.2. The Balaban J connectivity index is 1.56. The molecule has 3 aromatic heterocycles. The molecule has 7 nitrogen and oxygen atoms in total. The molecule has 0 radical (unpaired) electrons. The van der Waals surface area contributed by atoms with E-state index in [1.807, 2.05) is 41.8 Å². The first-order valence-electron chi connectivity index (χ1n) is 9.01. The van der Waals surface area contributed by atoms with Crippen molar-refractivity contribution < 1.29 is 14.3 Å². The van der Waals surface area contributed by atoms with Crippen molar-refractivity contribution in [2.24, 2.45) is 0 Å². The van der Waals surface area contributed by atoms with Crippen LogP contribution in [0.25, 0.3) is 21.5 Å². The lowest BCUT2D eigenvalue weighted by molar-refractivity contribution is -0.139. The van der Waals surface area contributed by atoms with Gasteiger partial charge in [0.15, 0.2) is 4.34 Å². The first-order chi connectivity index (χ1) is 14.6. The molecule has 0 bridgehead atoms. The van der Waals surface area contributed by atoms with E-state index < -0.39 is 0 Å². The largest absolute Gasteiger partial charge is 0.465 e. The number of amides is 1. The number of thioether (sulfide) groups is 1. The Hall–Kier alpha value is -2.82. The zero-order chi connectivity index (χ0) is 20.9. The van der Waals surface area contributed by atoms with Crippen LogP contribution in [0.15, 0.2) is 52.2 Å². The highest BCUT2D eigenvalue weighted by Gasteiger charge is 2.17. The Labute approximate surface area is 184 Å². The summed E-state index contributed by atoms with van der Waals surface area (Å²) >= 11 is 4.01. The Morgan fingerprint density at radius 2 is 2.03 bits per heavy atom. The topological polar surface area (TPSA) is 94.1 Å². The molecule has 10 heteroatoms. The number of carbonyl (C=O) groups is 2. The summed E-state index contributed by atoms with van der Waals surface area (Å²) in [6.45, 7) is 2.10. The number of aromatic nitrogens is 3. The van der Waals surface area contributed by atoms with Gasteiger partial charge in [0, 0.05) is 5.39 Å². The first kappa shape index (κ1) is 20.5. The molecule has 152 valence electrons. The van der Waals surface area contributed by atoms with Gasteiger partial charge in [0.05, 0.1) is 34.0 Å². The summed E-state index contributed by atoms with van der Waals surface area (Å²) in [5.41, 5.74) is 2.01. The van der Waals surface area contributed by atoms with E-state index in [4.69, 9.17) is 4.74 Å². The number of carbonyl (C=O) groups excluding carboxylic acids is 2. The van der Waals surface area contributed by atoms with Gasteiger partial charge >= 0.3 is 5.97 Å². The highest BCUT2D eigenvalue weighted by atomic mass is 32.2. The summed E-state index contributed by atoms with van der Waals surface area (Å²) in [7, 11) is 0. The second-order valence-corrected chi connectivity index (χ2v) is 9.12. The molecule has 0 atom stereocenters. The van der Waals surface area contributed by atoms with Crippen LogP contribution in [0.3, 0.4) is 0 Å². The van der Waals surface area contributed by atoms with E-state index >= 15 is 0 Å². The molecule has 0 aliphatic heterocycles. The molecule has 0 spiro atoms. The number of pyridine rings is 1. The van der Waals surface area contributed by atoms with E-state index in [1.54, 1.807) is 24.3 Å². The van der Waals surface area contributed by atoms with Crippen molar-refractivity contribution >= 4 is 62.3 Å². The minimum absolute atomic E-state index is 0.148. The molecule has 0 aliphatic carbocycles. The third-order valence-electron chi connectivity index (χ3n) is 3.98. The van der Waals surface area contributed by atoms with Gasteiger partial charge in [-0.25, -0.2) is 4.98 Å². The normalized spacial score (nSPS) is 10.8.